The van der Waals surface area contributed by atoms with E-state index in [0.29, 0.717) is 17.1 Å². The molecule has 0 atom stereocenters. The van der Waals surface area contributed by atoms with E-state index in [1.54, 1.807) is 24.5 Å². The molecular formula is C25H20N4O4. The Morgan fingerprint density at radius 3 is 1.61 bits per heavy atom. The molecule has 4 rings (SSSR count). The number of carboxylic acid groups (broad SMARTS) is 2. The van der Waals surface area contributed by atoms with Gasteiger partial charge < -0.3 is 15.1 Å². The van der Waals surface area contributed by atoms with Gasteiger partial charge in [0.25, 0.3) is 0 Å². The van der Waals surface area contributed by atoms with Crippen molar-refractivity contribution in [1.29, 1.82) is 0 Å². The number of pyridine rings is 3. The molecule has 0 bridgehead atoms. The molecule has 0 spiro atoms. The van der Waals surface area contributed by atoms with Crippen LogP contribution in [-0.4, -0.2) is 50.2 Å². The molecule has 0 saturated heterocycles. The van der Waals surface area contributed by atoms with Gasteiger partial charge >= 0.3 is 11.9 Å². The van der Waals surface area contributed by atoms with Crippen molar-refractivity contribution in [1.82, 2.24) is 15.0 Å². The maximum Gasteiger partial charge on any atom is 0.323 e. The molecular weight excluding hydrogens is 420 g/mol. The van der Waals surface area contributed by atoms with Crippen molar-refractivity contribution in [3.05, 3.63) is 85.2 Å². The van der Waals surface area contributed by atoms with E-state index < -0.39 is 25.0 Å². The van der Waals surface area contributed by atoms with E-state index in [4.69, 9.17) is 15.2 Å². The Bertz CT molecular complexity index is 1190. The van der Waals surface area contributed by atoms with Gasteiger partial charge in [0.15, 0.2) is 0 Å². The molecule has 0 radical (unpaired) electrons. The second-order valence-corrected chi connectivity index (χ2v) is 7.25. The average molecular weight is 440 g/mol. The normalized spacial score (nSPS) is 10.5. The van der Waals surface area contributed by atoms with Crippen molar-refractivity contribution in [2.45, 2.75) is 0 Å². The maximum atomic E-state index is 11.1. The van der Waals surface area contributed by atoms with Crippen LogP contribution in [0.2, 0.25) is 0 Å². The molecule has 0 unspecified atom stereocenters. The molecule has 8 nitrogen and oxygen atoms in total. The zero-order valence-corrected chi connectivity index (χ0v) is 17.5. The van der Waals surface area contributed by atoms with Crippen LogP contribution in [0, 0.1) is 0 Å². The smallest absolute Gasteiger partial charge is 0.323 e. The van der Waals surface area contributed by atoms with Gasteiger partial charge in [-0.3, -0.25) is 19.6 Å². The van der Waals surface area contributed by atoms with E-state index in [2.05, 4.69) is 9.97 Å². The number of carboxylic acids is 2. The molecule has 2 N–H and O–H groups in total. The van der Waals surface area contributed by atoms with E-state index in [9.17, 15) is 9.59 Å². The van der Waals surface area contributed by atoms with Crippen LogP contribution >= 0.6 is 0 Å². The Morgan fingerprint density at radius 2 is 1.18 bits per heavy atom. The summed E-state index contributed by atoms with van der Waals surface area (Å²) in [5, 5.41) is 18.2. The quantitative estimate of drug-likeness (QED) is 0.424. The highest BCUT2D eigenvalue weighted by Gasteiger charge is 2.15. The van der Waals surface area contributed by atoms with Crippen LogP contribution in [0.15, 0.2) is 85.2 Å². The molecule has 3 aromatic heterocycles. The number of rotatable bonds is 8. The zero-order chi connectivity index (χ0) is 23.2. The monoisotopic (exact) mass is 440 g/mol. The first-order valence-corrected chi connectivity index (χ1v) is 10.1. The first kappa shape index (κ1) is 21.6. The van der Waals surface area contributed by atoms with Crippen molar-refractivity contribution in [2.75, 3.05) is 18.0 Å². The predicted molar refractivity (Wildman–Crippen MR) is 124 cm³/mol. The van der Waals surface area contributed by atoms with Crippen molar-refractivity contribution >= 4 is 17.6 Å². The molecule has 0 saturated carbocycles. The van der Waals surface area contributed by atoms with Crippen LogP contribution in [0.25, 0.3) is 33.9 Å². The van der Waals surface area contributed by atoms with Crippen molar-refractivity contribution in [3.8, 4) is 33.9 Å². The Kier molecular flexibility index (Phi) is 6.36. The van der Waals surface area contributed by atoms with Gasteiger partial charge in [0, 0.05) is 18.1 Å². The van der Waals surface area contributed by atoms with Crippen LogP contribution < -0.4 is 4.90 Å². The molecule has 33 heavy (non-hydrogen) atoms. The van der Waals surface area contributed by atoms with E-state index in [-0.39, 0.29) is 0 Å². The molecule has 0 aliphatic heterocycles. The number of carbonyl (C=O) groups is 2. The van der Waals surface area contributed by atoms with Crippen molar-refractivity contribution in [3.63, 3.8) is 0 Å². The highest BCUT2D eigenvalue weighted by Crippen LogP contribution is 2.30. The zero-order valence-electron chi connectivity index (χ0n) is 17.5. The minimum absolute atomic E-state index is 0.408. The number of benzene rings is 1. The predicted octanol–water partition coefficient (Wildman–Crippen LogP) is 3.85. The Hall–Kier alpha value is -4.59. The third-order valence-corrected chi connectivity index (χ3v) is 4.90. The second kappa shape index (κ2) is 9.69. The Balaban J connectivity index is 1.75. The van der Waals surface area contributed by atoms with Crippen molar-refractivity contribution < 1.29 is 19.8 Å². The molecule has 0 aliphatic carbocycles. The lowest BCUT2D eigenvalue weighted by molar-refractivity contribution is -0.136. The lowest BCUT2D eigenvalue weighted by Gasteiger charge is -2.21. The van der Waals surface area contributed by atoms with Gasteiger partial charge in [0.1, 0.15) is 13.1 Å². The number of aliphatic carboxylic acids is 2. The summed E-state index contributed by atoms with van der Waals surface area (Å²) >= 11 is 0. The van der Waals surface area contributed by atoms with Gasteiger partial charge in [0.2, 0.25) is 0 Å². The van der Waals surface area contributed by atoms with Gasteiger partial charge in [-0.1, -0.05) is 24.3 Å². The van der Waals surface area contributed by atoms with Gasteiger partial charge in [-0.25, -0.2) is 4.98 Å². The lowest BCUT2D eigenvalue weighted by Crippen LogP contribution is -2.34. The standard InChI is InChI=1S/C25H20N4O4/c30-24(31)15-29(16-25(32)33)19-9-7-17(8-10-19)18-13-22(20-5-1-3-11-26-20)28-23(14-18)21-6-2-4-12-27-21/h1-14H,15-16H2,(H,30,31)(H,32,33). The second-order valence-electron chi connectivity index (χ2n) is 7.25. The minimum atomic E-state index is -1.10. The molecule has 0 aliphatic rings. The van der Waals surface area contributed by atoms with Gasteiger partial charge in [-0.15, -0.1) is 0 Å². The molecule has 3 heterocycles. The Labute approximate surface area is 189 Å². The SMILES string of the molecule is O=C(O)CN(CC(=O)O)c1ccc(-c2cc(-c3ccccn3)nc(-c3ccccn3)c2)cc1. The van der Waals surface area contributed by atoms with Crippen LogP contribution in [-0.2, 0) is 9.59 Å². The van der Waals surface area contributed by atoms with Crippen LogP contribution in [0.1, 0.15) is 0 Å². The summed E-state index contributed by atoms with van der Waals surface area (Å²) in [4.78, 5) is 37.1. The van der Waals surface area contributed by atoms with E-state index in [0.717, 1.165) is 22.5 Å². The largest absolute Gasteiger partial charge is 0.480 e. The summed E-state index contributed by atoms with van der Waals surface area (Å²) in [5.41, 5.74) is 5.08. The molecule has 4 aromatic rings. The highest BCUT2D eigenvalue weighted by molar-refractivity contribution is 5.81. The molecule has 0 amide bonds. The van der Waals surface area contributed by atoms with Gasteiger partial charge in [-0.05, 0) is 59.7 Å². The average Bonchev–Trinajstić information content (AvgIpc) is 2.84. The van der Waals surface area contributed by atoms with Crippen LogP contribution in [0.5, 0.6) is 0 Å². The molecule has 0 fully saturated rings. The van der Waals surface area contributed by atoms with Gasteiger partial charge in [-0.2, -0.15) is 0 Å². The van der Waals surface area contributed by atoms with Gasteiger partial charge in [0.05, 0.1) is 22.8 Å². The number of hydrogen-bond acceptors (Lipinski definition) is 6. The number of hydrogen-bond donors (Lipinski definition) is 2. The summed E-state index contributed by atoms with van der Waals surface area (Å²) in [5.74, 6) is -2.20. The fourth-order valence-electron chi connectivity index (χ4n) is 3.42. The Morgan fingerprint density at radius 1 is 0.667 bits per heavy atom. The van der Waals surface area contributed by atoms with E-state index >= 15 is 0 Å². The fourth-order valence-corrected chi connectivity index (χ4v) is 3.42. The summed E-state index contributed by atoms with van der Waals surface area (Å²) in [6.07, 6.45) is 3.41. The minimum Gasteiger partial charge on any atom is -0.480 e. The first-order chi connectivity index (χ1) is 16.0. The fraction of sp³-hybridized carbons (Fsp3) is 0.0800. The number of anilines is 1. The van der Waals surface area contributed by atoms with E-state index in [1.165, 1.54) is 4.90 Å². The summed E-state index contributed by atoms with van der Waals surface area (Å²) < 4.78 is 0. The maximum absolute atomic E-state index is 11.1. The summed E-state index contributed by atoms with van der Waals surface area (Å²) in [7, 11) is 0. The topological polar surface area (TPSA) is 117 Å². The number of nitrogens with zero attached hydrogens (tertiary/aromatic N) is 4. The molecule has 164 valence electrons. The summed E-state index contributed by atoms with van der Waals surface area (Å²) in [6.45, 7) is -0.816. The third kappa shape index (κ3) is 5.37. The number of aromatic nitrogens is 3. The molecule has 8 heteroatoms. The van der Waals surface area contributed by atoms with Crippen LogP contribution in [0.4, 0.5) is 5.69 Å². The van der Waals surface area contributed by atoms with Crippen LogP contribution in [0.3, 0.4) is 0 Å². The lowest BCUT2D eigenvalue weighted by atomic mass is 10.0. The molecule has 1 aromatic carbocycles. The third-order valence-electron chi connectivity index (χ3n) is 4.90. The first-order valence-electron chi connectivity index (χ1n) is 10.1. The summed E-state index contributed by atoms with van der Waals surface area (Å²) in [6, 6.07) is 22.2. The van der Waals surface area contributed by atoms with E-state index in [1.807, 2.05) is 60.7 Å². The van der Waals surface area contributed by atoms with Crippen molar-refractivity contribution in [2.24, 2.45) is 0 Å². The highest BCUT2D eigenvalue weighted by atomic mass is 16.4.